The summed E-state index contributed by atoms with van der Waals surface area (Å²) < 4.78 is 0. The van der Waals surface area contributed by atoms with Gasteiger partial charge in [0.15, 0.2) is 0 Å². The predicted octanol–water partition coefficient (Wildman–Crippen LogP) is 3.78. The van der Waals surface area contributed by atoms with Crippen LogP contribution in [0.2, 0.25) is 5.02 Å². The second-order valence-corrected chi connectivity index (χ2v) is 5.99. The third-order valence-corrected chi connectivity index (χ3v) is 4.29. The van der Waals surface area contributed by atoms with E-state index in [2.05, 4.69) is 11.4 Å². The molecule has 0 radical (unpaired) electrons. The molecule has 5 heteroatoms. The van der Waals surface area contributed by atoms with E-state index >= 15 is 0 Å². The Balaban J connectivity index is 2.14. The van der Waals surface area contributed by atoms with E-state index in [4.69, 9.17) is 11.6 Å². The van der Waals surface area contributed by atoms with Crippen molar-refractivity contribution in [1.82, 2.24) is 5.32 Å². The number of hydrogen-bond donors (Lipinski definition) is 2. The predicted molar refractivity (Wildman–Crippen MR) is 81.2 cm³/mol. The van der Waals surface area contributed by atoms with E-state index in [1.54, 1.807) is 0 Å². The van der Waals surface area contributed by atoms with Gasteiger partial charge in [-0.2, -0.15) is 5.26 Å². The molecule has 21 heavy (non-hydrogen) atoms. The maximum Gasteiger partial charge on any atom is 0.252 e. The fraction of sp³-hybridized carbons (Fsp3) is 0.500. The number of nitrogens with zero attached hydrogens (tertiary/aromatic N) is 1. The molecule has 2 rings (SSSR count). The lowest BCUT2D eigenvalue weighted by Gasteiger charge is -2.29. The van der Waals surface area contributed by atoms with Crippen molar-refractivity contribution in [3.8, 4) is 11.8 Å². The van der Waals surface area contributed by atoms with E-state index in [1.807, 2.05) is 0 Å². The van der Waals surface area contributed by atoms with Crippen molar-refractivity contribution in [2.24, 2.45) is 0 Å². The van der Waals surface area contributed by atoms with Crippen LogP contribution in [0.5, 0.6) is 5.75 Å². The molecule has 4 nitrogen and oxygen atoms in total. The zero-order chi connectivity index (χ0) is 15.3. The Morgan fingerprint density at radius 1 is 1.24 bits per heavy atom. The van der Waals surface area contributed by atoms with Gasteiger partial charge in [0.1, 0.15) is 11.3 Å². The molecule has 1 aliphatic carbocycles. The summed E-state index contributed by atoms with van der Waals surface area (Å²) >= 11 is 5.82. The number of phenols is 1. The lowest BCUT2D eigenvalue weighted by atomic mass is 9.85. The summed E-state index contributed by atoms with van der Waals surface area (Å²) in [5, 5.41) is 21.9. The zero-order valence-corrected chi connectivity index (χ0v) is 12.6. The summed E-state index contributed by atoms with van der Waals surface area (Å²) in [5.74, 6) is -0.381. The van der Waals surface area contributed by atoms with Crippen LogP contribution in [-0.4, -0.2) is 16.6 Å². The Labute approximate surface area is 129 Å². The standard InChI is InChI=1S/C16H19ClN2O2/c17-13-10-12(6-7-14(13)20)15(21)19-16(11-18)8-4-2-1-3-5-9-16/h6-7,10,20H,1-5,8-9H2,(H,19,21). The molecule has 2 N–H and O–H groups in total. The molecule has 1 aromatic rings. The van der Waals surface area contributed by atoms with Crippen LogP contribution in [0.25, 0.3) is 0 Å². The first-order valence-electron chi connectivity index (χ1n) is 7.29. The number of halogens is 1. The molecule has 0 unspecified atom stereocenters. The number of nitrogens with one attached hydrogen (secondary N) is 1. The molecule has 1 aliphatic rings. The Hall–Kier alpha value is -1.73. The highest BCUT2D eigenvalue weighted by Crippen LogP contribution is 2.27. The number of carbonyl (C=O) groups is 1. The normalized spacial score (nSPS) is 18.1. The lowest BCUT2D eigenvalue weighted by Crippen LogP contribution is -2.47. The van der Waals surface area contributed by atoms with Gasteiger partial charge in [0.2, 0.25) is 0 Å². The fourth-order valence-electron chi connectivity index (χ4n) is 2.71. The van der Waals surface area contributed by atoms with Crippen LogP contribution in [0.3, 0.4) is 0 Å². The SMILES string of the molecule is N#CC1(NC(=O)c2ccc(O)c(Cl)c2)CCCCCCC1. The smallest absolute Gasteiger partial charge is 0.252 e. The highest BCUT2D eigenvalue weighted by molar-refractivity contribution is 6.32. The maximum absolute atomic E-state index is 12.3. The monoisotopic (exact) mass is 306 g/mol. The summed E-state index contributed by atoms with van der Waals surface area (Å²) in [4.78, 5) is 12.3. The van der Waals surface area contributed by atoms with Gasteiger partial charge < -0.3 is 10.4 Å². The van der Waals surface area contributed by atoms with Crippen LogP contribution < -0.4 is 5.32 Å². The lowest BCUT2D eigenvalue weighted by molar-refractivity contribution is 0.0907. The van der Waals surface area contributed by atoms with Crippen LogP contribution in [0.1, 0.15) is 55.3 Å². The van der Waals surface area contributed by atoms with E-state index in [1.165, 1.54) is 24.6 Å². The number of phenolic OH excluding ortho intramolecular Hbond substituents is 1. The molecule has 0 atom stereocenters. The Kier molecular flexibility index (Phi) is 5.08. The highest BCUT2D eigenvalue weighted by atomic mass is 35.5. The van der Waals surface area contributed by atoms with E-state index in [0.29, 0.717) is 18.4 Å². The molecule has 1 fully saturated rings. The minimum Gasteiger partial charge on any atom is -0.506 e. The maximum atomic E-state index is 12.3. The van der Waals surface area contributed by atoms with Gasteiger partial charge in [0.05, 0.1) is 11.1 Å². The van der Waals surface area contributed by atoms with E-state index in [-0.39, 0.29) is 16.7 Å². The van der Waals surface area contributed by atoms with Crippen LogP contribution in [-0.2, 0) is 0 Å². The number of amides is 1. The van der Waals surface area contributed by atoms with Crippen molar-refractivity contribution < 1.29 is 9.90 Å². The minimum atomic E-state index is -0.790. The minimum absolute atomic E-state index is 0.0610. The van der Waals surface area contributed by atoms with Crippen LogP contribution >= 0.6 is 11.6 Å². The van der Waals surface area contributed by atoms with E-state index in [9.17, 15) is 15.2 Å². The number of rotatable bonds is 2. The summed E-state index contributed by atoms with van der Waals surface area (Å²) in [6, 6.07) is 6.60. The Bertz CT molecular complexity index is 558. The Morgan fingerprint density at radius 2 is 1.86 bits per heavy atom. The molecule has 0 aliphatic heterocycles. The van der Waals surface area contributed by atoms with Crippen molar-refractivity contribution in [1.29, 1.82) is 5.26 Å². The van der Waals surface area contributed by atoms with E-state index in [0.717, 1.165) is 25.7 Å². The molecule has 0 aromatic heterocycles. The summed E-state index contributed by atoms with van der Waals surface area (Å²) in [5.41, 5.74) is -0.434. The number of benzene rings is 1. The zero-order valence-electron chi connectivity index (χ0n) is 11.9. The van der Waals surface area contributed by atoms with E-state index < -0.39 is 5.54 Å². The molecule has 1 amide bonds. The van der Waals surface area contributed by atoms with Gasteiger partial charge in [-0.3, -0.25) is 4.79 Å². The first kappa shape index (κ1) is 15.7. The number of nitriles is 1. The van der Waals surface area contributed by atoms with Crippen molar-refractivity contribution in [3.05, 3.63) is 28.8 Å². The molecule has 0 heterocycles. The summed E-state index contributed by atoms with van der Waals surface area (Å²) in [6.07, 6.45) is 6.66. The van der Waals surface area contributed by atoms with Gasteiger partial charge in [-0.15, -0.1) is 0 Å². The first-order valence-corrected chi connectivity index (χ1v) is 7.66. The third-order valence-electron chi connectivity index (χ3n) is 3.98. The quantitative estimate of drug-likeness (QED) is 0.873. The second-order valence-electron chi connectivity index (χ2n) is 5.58. The second kappa shape index (κ2) is 6.82. The average Bonchev–Trinajstić information content (AvgIpc) is 2.45. The number of aromatic hydroxyl groups is 1. The molecule has 1 aromatic carbocycles. The van der Waals surface area contributed by atoms with Gasteiger partial charge in [-0.05, 0) is 31.0 Å². The first-order chi connectivity index (χ1) is 10.1. The topological polar surface area (TPSA) is 73.1 Å². The molecule has 0 bridgehead atoms. The fourth-order valence-corrected chi connectivity index (χ4v) is 2.89. The number of hydrogen-bond acceptors (Lipinski definition) is 3. The van der Waals surface area contributed by atoms with Crippen molar-refractivity contribution in [3.63, 3.8) is 0 Å². The van der Waals surface area contributed by atoms with Gasteiger partial charge in [0.25, 0.3) is 5.91 Å². The van der Waals surface area contributed by atoms with Gasteiger partial charge in [-0.1, -0.05) is 43.7 Å². The molecule has 0 spiro atoms. The molecular weight excluding hydrogens is 288 g/mol. The van der Waals surface area contributed by atoms with Gasteiger partial charge >= 0.3 is 0 Å². The molecule has 112 valence electrons. The highest BCUT2D eigenvalue weighted by Gasteiger charge is 2.32. The number of carbonyl (C=O) groups excluding carboxylic acids is 1. The van der Waals surface area contributed by atoms with Crippen molar-refractivity contribution in [2.75, 3.05) is 0 Å². The van der Waals surface area contributed by atoms with Crippen LogP contribution in [0.15, 0.2) is 18.2 Å². The molecular formula is C16H19ClN2O2. The van der Waals surface area contributed by atoms with Crippen molar-refractivity contribution >= 4 is 17.5 Å². The van der Waals surface area contributed by atoms with Crippen LogP contribution in [0.4, 0.5) is 0 Å². The molecule has 0 saturated heterocycles. The largest absolute Gasteiger partial charge is 0.506 e. The van der Waals surface area contributed by atoms with Crippen molar-refractivity contribution in [2.45, 2.75) is 50.5 Å². The Morgan fingerprint density at radius 3 is 2.43 bits per heavy atom. The van der Waals surface area contributed by atoms with Gasteiger partial charge in [0, 0.05) is 5.56 Å². The molecule has 1 saturated carbocycles. The summed E-state index contributed by atoms with van der Waals surface area (Å²) in [7, 11) is 0. The average molecular weight is 307 g/mol. The van der Waals surface area contributed by atoms with Gasteiger partial charge in [-0.25, -0.2) is 0 Å². The van der Waals surface area contributed by atoms with Crippen LogP contribution in [0, 0.1) is 11.3 Å². The summed E-state index contributed by atoms with van der Waals surface area (Å²) in [6.45, 7) is 0. The third kappa shape index (κ3) is 3.89.